The lowest BCUT2D eigenvalue weighted by Gasteiger charge is -2.11. The maximum atomic E-state index is 12.8. The van der Waals surface area contributed by atoms with Crippen LogP contribution in [0.1, 0.15) is 5.56 Å². The Bertz CT molecular complexity index is 1010. The highest BCUT2D eigenvalue weighted by Gasteiger charge is 2.32. The number of alkyl halides is 3. The summed E-state index contributed by atoms with van der Waals surface area (Å²) in [6.45, 7) is 0. The van der Waals surface area contributed by atoms with E-state index in [1.54, 1.807) is 6.26 Å². The lowest BCUT2D eigenvalue weighted by Crippen LogP contribution is -2.07. The van der Waals surface area contributed by atoms with Gasteiger partial charge in [-0.25, -0.2) is 4.98 Å². The zero-order valence-corrected chi connectivity index (χ0v) is 15.4. The van der Waals surface area contributed by atoms with Crippen molar-refractivity contribution >= 4 is 40.8 Å². The van der Waals surface area contributed by atoms with Gasteiger partial charge in [0.25, 0.3) is 0 Å². The summed E-state index contributed by atoms with van der Waals surface area (Å²) in [5.41, 5.74) is -0.964. The quantitative estimate of drug-likeness (QED) is 0.362. The minimum Gasteiger partial charge on any atom is -0.358 e. The van der Waals surface area contributed by atoms with Crippen LogP contribution >= 0.6 is 35.0 Å². The largest absolute Gasteiger partial charge is 0.416 e. The Hall–Kier alpha value is -2.31. The molecule has 1 aromatic carbocycles. The summed E-state index contributed by atoms with van der Waals surface area (Å²) < 4.78 is 38.5. The van der Waals surface area contributed by atoms with Gasteiger partial charge in [-0.1, -0.05) is 23.2 Å². The first kappa shape index (κ1) is 19.5. The fourth-order valence-electron chi connectivity index (χ4n) is 2.13. The second kappa shape index (κ2) is 7.02. The number of aromatic nitrogens is 5. The molecule has 0 unspecified atom stereocenters. The molecule has 0 saturated heterocycles. The van der Waals surface area contributed by atoms with Crippen molar-refractivity contribution in [3.63, 3.8) is 0 Å². The summed E-state index contributed by atoms with van der Waals surface area (Å²) in [4.78, 5) is 17.9. The summed E-state index contributed by atoms with van der Waals surface area (Å²) in [6.07, 6.45) is -1.78. The van der Waals surface area contributed by atoms with E-state index in [-0.39, 0.29) is 38.1 Å². The fourth-order valence-corrected chi connectivity index (χ4v) is 3.27. The first-order valence-electron chi connectivity index (χ1n) is 6.89. The maximum Gasteiger partial charge on any atom is 0.416 e. The van der Waals surface area contributed by atoms with Gasteiger partial charge in [0.15, 0.2) is 10.7 Å². The first-order valence-corrected chi connectivity index (χ1v) is 8.87. The van der Waals surface area contributed by atoms with E-state index in [2.05, 4.69) is 20.2 Å². The number of imidazole rings is 1. The van der Waals surface area contributed by atoms with Crippen molar-refractivity contribution in [2.45, 2.75) is 11.2 Å². The molecule has 0 atom stereocenters. The van der Waals surface area contributed by atoms with Crippen LogP contribution in [0, 0.1) is 10.1 Å². The van der Waals surface area contributed by atoms with Crippen LogP contribution in [0.2, 0.25) is 10.0 Å². The zero-order valence-electron chi connectivity index (χ0n) is 13.1. The van der Waals surface area contributed by atoms with E-state index in [4.69, 9.17) is 23.2 Å². The van der Waals surface area contributed by atoms with Gasteiger partial charge in [-0.3, -0.25) is 0 Å². The van der Waals surface area contributed by atoms with Crippen LogP contribution in [0.3, 0.4) is 0 Å². The van der Waals surface area contributed by atoms with Crippen LogP contribution < -0.4 is 0 Å². The van der Waals surface area contributed by atoms with Gasteiger partial charge in [0.1, 0.15) is 5.69 Å². The first-order chi connectivity index (χ1) is 12.6. The second-order valence-electron chi connectivity index (χ2n) is 5.01. The van der Waals surface area contributed by atoms with Crippen LogP contribution in [0.25, 0.3) is 17.2 Å². The average Bonchev–Trinajstić information content (AvgIpc) is 3.19. The topological polar surface area (TPSA) is 103 Å². The highest BCUT2D eigenvalue weighted by molar-refractivity contribution is 7.98. The van der Waals surface area contributed by atoms with Crippen molar-refractivity contribution in [3.8, 4) is 17.2 Å². The Kier molecular flexibility index (Phi) is 5.06. The molecule has 2 aromatic heterocycles. The molecule has 0 aliphatic rings. The standard InChI is InChI=1S/C13H7Cl2F3N6O2S/c1-27-12-11(24(25)26)20-10(21-12)8-4-19-23(22-8)9-6(14)2-5(3-7(9)15)13(16,17)18/h2-4H,1H3,(H,20,21). The summed E-state index contributed by atoms with van der Waals surface area (Å²) in [5, 5.41) is 18.5. The van der Waals surface area contributed by atoms with Crippen LogP contribution in [0.15, 0.2) is 23.4 Å². The van der Waals surface area contributed by atoms with Gasteiger partial charge in [0, 0.05) is 0 Å². The fraction of sp³-hybridized carbons (Fsp3) is 0.154. The molecule has 0 radical (unpaired) electrons. The van der Waals surface area contributed by atoms with Crippen molar-refractivity contribution in [1.82, 2.24) is 25.0 Å². The predicted molar refractivity (Wildman–Crippen MR) is 92.4 cm³/mol. The smallest absolute Gasteiger partial charge is 0.358 e. The lowest BCUT2D eigenvalue weighted by molar-refractivity contribution is -0.392. The van der Waals surface area contributed by atoms with E-state index in [0.29, 0.717) is 12.1 Å². The van der Waals surface area contributed by atoms with Crippen molar-refractivity contribution in [2.24, 2.45) is 0 Å². The van der Waals surface area contributed by atoms with Gasteiger partial charge in [0.05, 0.1) is 21.8 Å². The van der Waals surface area contributed by atoms with Crippen LogP contribution in [0.4, 0.5) is 19.0 Å². The number of nitro groups is 1. The number of nitrogens with zero attached hydrogens (tertiary/aromatic N) is 5. The van der Waals surface area contributed by atoms with E-state index in [1.165, 1.54) is 6.20 Å². The number of aromatic amines is 1. The van der Waals surface area contributed by atoms with Gasteiger partial charge in [-0.15, -0.1) is 21.7 Å². The lowest BCUT2D eigenvalue weighted by atomic mass is 10.2. The SMILES string of the molecule is CSc1nc(-c2cnn(-c3c(Cl)cc(C(F)(F)F)cc3Cl)n2)[nH]c1[N+](=O)[O-]. The average molecular weight is 439 g/mol. The molecule has 0 aliphatic heterocycles. The summed E-state index contributed by atoms with van der Waals surface area (Å²) in [7, 11) is 0. The molecule has 14 heteroatoms. The normalized spacial score (nSPS) is 11.8. The van der Waals surface area contributed by atoms with Gasteiger partial charge < -0.3 is 10.1 Å². The Morgan fingerprint density at radius 3 is 2.41 bits per heavy atom. The molecular formula is C13H7Cl2F3N6O2S. The molecule has 1 N–H and O–H groups in total. The third-order valence-corrected chi connectivity index (χ3v) is 4.55. The summed E-state index contributed by atoms with van der Waals surface area (Å²) in [6, 6.07) is 1.41. The molecule has 3 rings (SSSR count). The number of H-pyrrole nitrogens is 1. The molecule has 8 nitrogen and oxygen atoms in total. The van der Waals surface area contributed by atoms with Gasteiger partial charge in [0.2, 0.25) is 5.82 Å². The molecule has 0 bridgehead atoms. The molecule has 0 saturated carbocycles. The number of thioether (sulfide) groups is 1. The molecule has 0 aliphatic carbocycles. The van der Waals surface area contributed by atoms with Crippen LogP contribution in [0.5, 0.6) is 0 Å². The zero-order chi connectivity index (χ0) is 19.9. The Balaban J connectivity index is 2.03. The minimum absolute atomic E-state index is 0.0660. The van der Waals surface area contributed by atoms with Crippen molar-refractivity contribution in [2.75, 3.05) is 6.26 Å². The number of rotatable bonds is 4. The van der Waals surface area contributed by atoms with E-state index in [1.807, 2.05) is 0 Å². The number of hydrogen-bond donors (Lipinski definition) is 1. The van der Waals surface area contributed by atoms with E-state index >= 15 is 0 Å². The van der Waals surface area contributed by atoms with E-state index in [0.717, 1.165) is 16.6 Å². The molecular weight excluding hydrogens is 432 g/mol. The highest BCUT2D eigenvalue weighted by Crippen LogP contribution is 2.37. The Morgan fingerprint density at radius 2 is 1.93 bits per heavy atom. The highest BCUT2D eigenvalue weighted by atomic mass is 35.5. The molecule has 0 spiro atoms. The third kappa shape index (κ3) is 3.73. The van der Waals surface area contributed by atoms with Gasteiger partial charge in [-0.2, -0.15) is 23.3 Å². The van der Waals surface area contributed by atoms with Crippen molar-refractivity contribution < 1.29 is 18.1 Å². The number of nitrogens with one attached hydrogen (secondary N) is 1. The number of benzene rings is 1. The molecule has 2 heterocycles. The van der Waals surface area contributed by atoms with Gasteiger partial charge >= 0.3 is 12.0 Å². The van der Waals surface area contributed by atoms with Crippen LogP contribution in [-0.4, -0.2) is 36.1 Å². The summed E-state index contributed by atoms with van der Waals surface area (Å²) in [5.74, 6) is -0.242. The molecule has 0 amide bonds. The van der Waals surface area contributed by atoms with Crippen molar-refractivity contribution in [1.29, 1.82) is 0 Å². The Labute approximate surface area is 162 Å². The molecule has 0 fully saturated rings. The number of halogens is 5. The predicted octanol–water partition coefficient (Wildman–Crippen LogP) is 4.61. The van der Waals surface area contributed by atoms with Gasteiger partial charge in [-0.05, 0) is 23.3 Å². The van der Waals surface area contributed by atoms with Crippen molar-refractivity contribution in [3.05, 3.63) is 44.1 Å². The molecule has 3 aromatic rings. The summed E-state index contributed by atoms with van der Waals surface area (Å²) >= 11 is 12.9. The monoisotopic (exact) mass is 438 g/mol. The number of hydrogen-bond acceptors (Lipinski definition) is 6. The third-order valence-electron chi connectivity index (χ3n) is 3.31. The van der Waals surface area contributed by atoms with Crippen LogP contribution in [-0.2, 0) is 6.18 Å². The molecule has 27 heavy (non-hydrogen) atoms. The second-order valence-corrected chi connectivity index (χ2v) is 6.62. The Morgan fingerprint density at radius 1 is 1.30 bits per heavy atom. The van der Waals surface area contributed by atoms with E-state index in [9.17, 15) is 23.3 Å². The minimum atomic E-state index is -4.62. The van der Waals surface area contributed by atoms with E-state index < -0.39 is 16.7 Å². The maximum absolute atomic E-state index is 12.8. The molecule has 142 valence electrons.